The first-order valence-corrected chi connectivity index (χ1v) is 6.98. The van der Waals surface area contributed by atoms with Crippen LogP contribution in [0.25, 0.3) is 0 Å². The highest BCUT2D eigenvalue weighted by Gasteiger charge is 2.42. The lowest BCUT2D eigenvalue weighted by Gasteiger charge is -2.32. The first-order chi connectivity index (χ1) is 8.24. The minimum Gasteiger partial charge on any atom is -0.393 e. The van der Waals surface area contributed by atoms with Crippen LogP contribution in [0, 0.1) is 17.8 Å². The fraction of sp³-hybridized carbons (Fsp3) is 1.00. The van der Waals surface area contributed by atoms with E-state index >= 15 is 0 Å². The van der Waals surface area contributed by atoms with Crippen LogP contribution in [0.5, 0.6) is 0 Å². The second-order valence-electron chi connectivity index (χ2n) is 6.07. The van der Waals surface area contributed by atoms with Gasteiger partial charge in [0.25, 0.3) is 0 Å². The number of likely N-dealkylation sites (tertiary alicyclic amines) is 1. The van der Waals surface area contributed by atoms with Crippen LogP contribution >= 0.6 is 0 Å². The van der Waals surface area contributed by atoms with Gasteiger partial charge in [0.1, 0.15) is 0 Å². The Balaban J connectivity index is 1.53. The van der Waals surface area contributed by atoms with Gasteiger partial charge in [0.2, 0.25) is 0 Å². The van der Waals surface area contributed by atoms with Gasteiger partial charge in [-0.15, -0.1) is 0 Å². The molecule has 0 spiro atoms. The van der Waals surface area contributed by atoms with Gasteiger partial charge in [0, 0.05) is 44.1 Å². The van der Waals surface area contributed by atoms with E-state index in [4.69, 9.17) is 10.5 Å². The molecule has 3 fully saturated rings. The zero-order valence-electron chi connectivity index (χ0n) is 10.4. The number of ether oxygens (including phenoxy) is 1. The molecule has 4 heteroatoms. The fourth-order valence-corrected chi connectivity index (χ4v) is 3.81. The highest BCUT2D eigenvalue weighted by molar-refractivity contribution is 4.94. The van der Waals surface area contributed by atoms with Gasteiger partial charge in [-0.2, -0.15) is 0 Å². The fourth-order valence-electron chi connectivity index (χ4n) is 3.81. The van der Waals surface area contributed by atoms with E-state index in [9.17, 15) is 5.11 Å². The minimum atomic E-state index is -0.0544. The van der Waals surface area contributed by atoms with Gasteiger partial charge in [-0.1, -0.05) is 0 Å². The van der Waals surface area contributed by atoms with E-state index in [0.717, 1.165) is 51.6 Å². The highest BCUT2D eigenvalue weighted by Crippen LogP contribution is 2.38. The first-order valence-electron chi connectivity index (χ1n) is 6.98. The van der Waals surface area contributed by atoms with E-state index in [1.54, 1.807) is 0 Å². The van der Waals surface area contributed by atoms with Crippen molar-refractivity contribution >= 4 is 0 Å². The van der Waals surface area contributed by atoms with Crippen LogP contribution in [0.3, 0.4) is 0 Å². The molecule has 0 aromatic heterocycles. The lowest BCUT2D eigenvalue weighted by molar-refractivity contribution is 0.0269. The quantitative estimate of drug-likeness (QED) is 0.716. The molecule has 98 valence electrons. The summed E-state index contributed by atoms with van der Waals surface area (Å²) in [5.41, 5.74) is 6.14. The summed E-state index contributed by atoms with van der Waals surface area (Å²) in [6.45, 7) is 4.91. The highest BCUT2D eigenvalue weighted by atomic mass is 16.5. The van der Waals surface area contributed by atoms with Crippen molar-refractivity contribution in [1.82, 2.24) is 4.90 Å². The smallest absolute Gasteiger partial charge is 0.0583 e. The third kappa shape index (κ3) is 2.36. The maximum Gasteiger partial charge on any atom is 0.0583 e. The van der Waals surface area contributed by atoms with Gasteiger partial charge in [-0.3, -0.25) is 0 Å². The molecule has 4 nitrogen and oxygen atoms in total. The molecule has 0 bridgehead atoms. The maximum atomic E-state index is 9.90. The minimum absolute atomic E-state index is 0.0544. The van der Waals surface area contributed by atoms with Crippen LogP contribution in [0.4, 0.5) is 0 Å². The average molecular weight is 240 g/mol. The Morgan fingerprint density at radius 1 is 1.24 bits per heavy atom. The summed E-state index contributed by atoms with van der Waals surface area (Å²) in [6, 6.07) is 0.300. The predicted octanol–water partition coefficient (Wildman–Crippen LogP) is 0.0529. The van der Waals surface area contributed by atoms with Gasteiger partial charge in [0.05, 0.1) is 12.7 Å². The molecule has 2 saturated heterocycles. The van der Waals surface area contributed by atoms with Crippen LogP contribution in [-0.2, 0) is 4.74 Å². The summed E-state index contributed by atoms with van der Waals surface area (Å²) in [6.07, 6.45) is 3.15. The molecule has 3 N–H and O–H groups in total. The summed E-state index contributed by atoms with van der Waals surface area (Å²) in [5, 5.41) is 9.90. The normalized spacial score (nSPS) is 47.3. The Morgan fingerprint density at radius 3 is 2.88 bits per heavy atom. The number of fused-ring (bicyclic) bond motifs is 1. The van der Waals surface area contributed by atoms with Crippen molar-refractivity contribution in [3.8, 4) is 0 Å². The SMILES string of the molecule is NC1CCOCC1CN1CC2CCC(O)C2C1. The number of hydrogen-bond donors (Lipinski definition) is 2. The van der Waals surface area contributed by atoms with E-state index in [0.29, 0.717) is 17.9 Å². The summed E-state index contributed by atoms with van der Waals surface area (Å²) < 4.78 is 5.52. The Morgan fingerprint density at radius 2 is 2.12 bits per heavy atom. The molecule has 0 amide bonds. The molecular weight excluding hydrogens is 216 g/mol. The topological polar surface area (TPSA) is 58.7 Å². The lowest BCUT2D eigenvalue weighted by atomic mass is 9.96. The van der Waals surface area contributed by atoms with Crippen molar-refractivity contribution in [2.45, 2.75) is 31.4 Å². The third-order valence-corrected chi connectivity index (χ3v) is 4.92. The zero-order chi connectivity index (χ0) is 11.8. The van der Waals surface area contributed by atoms with Crippen molar-refractivity contribution < 1.29 is 9.84 Å². The number of rotatable bonds is 2. The Bertz CT molecular complexity index is 274. The van der Waals surface area contributed by atoms with Crippen LogP contribution in [0.1, 0.15) is 19.3 Å². The number of aliphatic hydroxyl groups excluding tert-OH is 1. The molecule has 2 heterocycles. The summed E-state index contributed by atoms with van der Waals surface area (Å²) >= 11 is 0. The number of nitrogens with two attached hydrogens (primary N) is 1. The third-order valence-electron chi connectivity index (χ3n) is 4.92. The summed E-state index contributed by atoms with van der Waals surface area (Å²) in [7, 11) is 0. The predicted molar refractivity (Wildman–Crippen MR) is 65.6 cm³/mol. The van der Waals surface area contributed by atoms with Crippen LogP contribution in [0.2, 0.25) is 0 Å². The Hall–Kier alpha value is -0.160. The second kappa shape index (κ2) is 4.84. The van der Waals surface area contributed by atoms with Crippen molar-refractivity contribution in [3.05, 3.63) is 0 Å². The second-order valence-corrected chi connectivity index (χ2v) is 6.07. The van der Waals surface area contributed by atoms with Gasteiger partial charge in [-0.05, 0) is 25.2 Å². The number of hydrogen-bond acceptors (Lipinski definition) is 4. The van der Waals surface area contributed by atoms with Crippen LogP contribution in [0.15, 0.2) is 0 Å². The first kappa shape index (κ1) is 11.9. The average Bonchev–Trinajstić information content (AvgIpc) is 2.85. The molecule has 0 radical (unpaired) electrons. The number of nitrogens with zero attached hydrogens (tertiary/aromatic N) is 1. The van der Waals surface area contributed by atoms with E-state index in [-0.39, 0.29) is 6.10 Å². The van der Waals surface area contributed by atoms with Gasteiger partial charge in [-0.25, -0.2) is 0 Å². The van der Waals surface area contributed by atoms with Crippen molar-refractivity contribution in [1.29, 1.82) is 0 Å². The van der Waals surface area contributed by atoms with Crippen molar-refractivity contribution in [2.75, 3.05) is 32.8 Å². The molecule has 3 rings (SSSR count). The van der Waals surface area contributed by atoms with Gasteiger partial charge >= 0.3 is 0 Å². The monoisotopic (exact) mass is 240 g/mol. The Kier molecular flexibility index (Phi) is 3.39. The van der Waals surface area contributed by atoms with Crippen molar-refractivity contribution in [3.63, 3.8) is 0 Å². The Labute approximate surface area is 103 Å². The van der Waals surface area contributed by atoms with E-state index < -0.39 is 0 Å². The van der Waals surface area contributed by atoms with E-state index in [2.05, 4.69) is 4.90 Å². The molecule has 1 aliphatic carbocycles. The lowest BCUT2D eigenvalue weighted by Crippen LogP contribution is -2.45. The molecule has 3 aliphatic rings. The van der Waals surface area contributed by atoms with E-state index in [1.165, 1.54) is 6.42 Å². The molecular formula is C13H24N2O2. The van der Waals surface area contributed by atoms with Gasteiger partial charge < -0.3 is 20.5 Å². The van der Waals surface area contributed by atoms with Gasteiger partial charge in [0.15, 0.2) is 0 Å². The zero-order valence-corrected chi connectivity index (χ0v) is 10.4. The van der Waals surface area contributed by atoms with Crippen LogP contribution < -0.4 is 5.73 Å². The largest absolute Gasteiger partial charge is 0.393 e. The molecule has 17 heavy (non-hydrogen) atoms. The van der Waals surface area contributed by atoms with E-state index in [1.807, 2.05) is 0 Å². The van der Waals surface area contributed by atoms with Crippen molar-refractivity contribution in [2.24, 2.45) is 23.5 Å². The molecule has 0 aromatic carbocycles. The molecule has 1 saturated carbocycles. The molecule has 0 aromatic rings. The molecule has 5 atom stereocenters. The summed E-state index contributed by atoms with van der Waals surface area (Å²) in [5.74, 6) is 1.74. The maximum absolute atomic E-state index is 9.90. The van der Waals surface area contributed by atoms with Crippen LogP contribution in [-0.4, -0.2) is 55.0 Å². The number of aliphatic hydroxyl groups is 1. The molecule has 2 aliphatic heterocycles. The standard InChI is InChI=1S/C13H24N2O2/c14-12-3-4-17-8-10(12)6-15-5-9-1-2-13(16)11(9)7-15/h9-13,16H,1-8,14H2. The summed E-state index contributed by atoms with van der Waals surface area (Å²) in [4.78, 5) is 2.50. The molecule has 5 unspecified atom stereocenters.